The van der Waals surface area contributed by atoms with Crippen molar-refractivity contribution in [3.05, 3.63) is 53.1 Å². The maximum atomic E-state index is 13.8. The van der Waals surface area contributed by atoms with Gasteiger partial charge >= 0.3 is 0 Å². The number of aromatic nitrogens is 2. The number of benzene rings is 1. The van der Waals surface area contributed by atoms with Crippen molar-refractivity contribution in [2.75, 3.05) is 13.1 Å². The van der Waals surface area contributed by atoms with E-state index in [-0.39, 0.29) is 11.5 Å². The van der Waals surface area contributed by atoms with E-state index < -0.39 is 17.5 Å². The zero-order chi connectivity index (χ0) is 15.7. The molecule has 1 fully saturated rings. The first-order valence-electron chi connectivity index (χ1n) is 7.30. The summed E-state index contributed by atoms with van der Waals surface area (Å²) in [6, 6.07) is 2.95. The second-order valence-corrected chi connectivity index (χ2v) is 5.67. The lowest BCUT2D eigenvalue weighted by Gasteiger charge is -2.32. The SMILES string of the molecule is Cc1cnc(C2CCCN(C(=O)c3cc(F)ccc3F)C2)[nH]1. The molecule has 2 aromatic rings. The lowest BCUT2D eigenvalue weighted by atomic mass is 9.96. The molecule has 0 saturated carbocycles. The molecule has 1 aromatic heterocycles. The lowest BCUT2D eigenvalue weighted by molar-refractivity contribution is 0.0699. The number of amides is 1. The molecule has 1 aliphatic rings. The largest absolute Gasteiger partial charge is 0.346 e. The van der Waals surface area contributed by atoms with Crippen molar-refractivity contribution in [3.8, 4) is 0 Å². The van der Waals surface area contributed by atoms with E-state index in [0.29, 0.717) is 13.1 Å². The molecular weight excluding hydrogens is 288 g/mol. The highest BCUT2D eigenvalue weighted by molar-refractivity contribution is 5.94. The number of aromatic amines is 1. The van der Waals surface area contributed by atoms with Gasteiger partial charge < -0.3 is 9.88 Å². The molecule has 1 amide bonds. The van der Waals surface area contributed by atoms with Gasteiger partial charge in [0.2, 0.25) is 0 Å². The Morgan fingerprint density at radius 2 is 2.23 bits per heavy atom. The van der Waals surface area contributed by atoms with Gasteiger partial charge in [-0.25, -0.2) is 13.8 Å². The molecular formula is C16H17F2N3O. The van der Waals surface area contributed by atoms with Crippen molar-refractivity contribution in [1.82, 2.24) is 14.9 Å². The average Bonchev–Trinajstić information content (AvgIpc) is 2.96. The van der Waals surface area contributed by atoms with Crippen LogP contribution in [-0.2, 0) is 0 Å². The molecule has 0 aliphatic carbocycles. The van der Waals surface area contributed by atoms with Crippen LogP contribution in [0.2, 0.25) is 0 Å². The number of hydrogen-bond donors (Lipinski definition) is 1. The third-order valence-corrected chi connectivity index (χ3v) is 3.98. The predicted octanol–water partition coefficient (Wildman–Crippen LogP) is 3.02. The van der Waals surface area contributed by atoms with Crippen LogP contribution in [0.5, 0.6) is 0 Å². The molecule has 0 radical (unpaired) electrons. The van der Waals surface area contributed by atoms with Crippen LogP contribution in [0.1, 0.15) is 40.6 Å². The summed E-state index contributed by atoms with van der Waals surface area (Å²) in [5.41, 5.74) is 0.755. The van der Waals surface area contributed by atoms with Crippen LogP contribution in [0.15, 0.2) is 24.4 Å². The molecule has 2 heterocycles. The van der Waals surface area contributed by atoms with Crippen LogP contribution >= 0.6 is 0 Å². The number of H-pyrrole nitrogens is 1. The van der Waals surface area contributed by atoms with E-state index in [1.807, 2.05) is 6.92 Å². The first-order valence-corrected chi connectivity index (χ1v) is 7.30. The van der Waals surface area contributed by atoms with Gasteiger partial charge in [-0.15, -0.1) is 0 Å². The molecule has 6 heteroatoms. The van der Waals surface area contributed by atoms with Gasteiger partial charge in [0.05, 0.1) is 5.56 Å². The van der Waals surface area contributed by atoms with Crippen LogP contribution < -0.4 is 0 Å². The van der Waals surface area contributed by atoms with Crippen molar-refractivity contribution in [1.29, 1.82) is 0 Å². The van der Waals surface area contributed by atoms with E-state index in [0.717, 1.165) is 42.6 Å². The van der Waals surface area contributed by atoms with Gasteiger partial charge in [0, 0.05) is 30.9 Å². The normalized spacial score (nSPS) is 18.5. The van der Waals surface area contributed by atoms with E-state index in [4.69, 9.17) is 0 Å². The highest BCUT2D eigenvalue weighted by Gasteiger charge is 2.28. The molecule has 116 valence electrons. The van der Waals surface area contributed by atoms with Gasteiger partial charge in [0.1, 0.15) is 17.5 Å². The highest BCUT2D eigenvalue weighted by atomic mass is 19.1. The Hall–Kier alpha value is -2.24. The minimum absolute atomic E-state index is 0.100. The average molecular weight is 305 g/mol. The maximum Gasteiger partial charge on any atom is 0.256 e. The monoisotopic (exact) mass is 305 g/mol. The van der Waals surface area contributed by atoms with Crippen LogP contribution in [0.25, 0.3) is 0 Å². The Labute approximate surface area is 127 Å². The lowest BCUT2D eigenvalue weighted by Crippen LogP contribution is -2.39. The Kier molecular flexibility index (Phi) is 3.92. The Bertz CT molecular complexity index is 698. The number of carbonyl (C=O) groups is 1. The van der Waals surface area contributed by atoms with Gasteiger partial charge in [0.15, 0.2) is 0 Å². The van der Waals surface area contributed by atoms with Crippen LogP contribution in [0, 0.1) is 18.6 Å². The fourth-order valence-corrected chi connectivity index (χ4v) is 2.86. The van der Waals surface area contributed by atoms with Crippen molar-refractivity contribution >= 4 is 5.91 Å². The van der Waals surface area contributed by atoms with Crippen molar-refractivity contribution in [2.24, 2.45) is 0 Å². The van der Waals surface area contributed by atoms with E-state index >= 15 is 0 Å². The summed E-state index contributed by atoms with van der Waals surface area (Å²) in [5.74, 6) is -0.829. The van der Waals surface area contributed by atoms with Gasteiger partial charge in [-0.3, -0.25) is 4.79 Å². The molecule has 1 aromatic carbocycles. The summed E-state index contributed by atoms with van der Waals surface area (Å²) in [6.45, 7) is 2.93. The Morgan fingerprint density at radius 3 is 2.95 bits per heavy atom. The molecule has 0 spiro atoms. The second kappa shape index (κ2) is 5.87. The molecule has 22 heavy (non-hydrogen) atoms. The number of imidazole rings is 1. The third-order valence-electron chi connectivity index (χ3n) is 3.98. The molecule has 1 aliphatic heterocycles. The quantitative estimate of drug-likeness (QED) is 0.927. The summed E-state index contributed by atoms with van der Waals surface area (Å²) in [7, 11) is 0. The van der Waals surface area contributed by atoms with E-state index in [2.05, 4.69) is 9.97 Å². The van der Waals surface area contributed by atoms with Crippen LogP contribution in [0.4, 0.5) is 8.78 Å². The minimum atomic E-state index is -0.692. The van der Waals surface area contributed by atoms with Crippen molar-refractivity contribution in [3.63, 3.8) is 0 Å². The van der Waals surface area contributed by atoms with Crippen LogP contribution in [-0.4, -0.2) is 33.9 Å². The predicted molar refractivity (Wildman–Crippen MR) is 77.6 cm³/mol. The number of hydrogen-bond acceptors (Lipinski definition) is 2. The summed E-state index contributed by atoms with van der Waals surface area (Å²) >= 11 is 0. The van der Waals surface area contributed by atoms with Gasteiger partial charge in [-0.2, -0.15) is 0 Å². The molecule has 0 bridgehead atoms. The van der Waals surface area contributed by atoms with Gasteiger partial charge in [-0.1, -0.05) is 0 Å². The molecule has 4 nitrogen and oxygen atoms in total. The molecule has 1 saturated heterocycles. The number of carbonyl (C=O) groups excluding carboxylic acids is 1. The summed E-state index contributed by atoms with van der Waals surface area (Å²) in [5, 5.41) is 0. The van der Waals surface area contributed by atoms with E-state index in [9.17, 15) is 13.6 Å². The molecule has 1 atom stereocenters. The smallest absolute Gasteiger partial charge is 0.256 e. The standard InChI is InChI=1S/C16H17F2N3O/c1-10-8-19-15(20-10)11-3-2-6-21(9-11)16(22)13-7-12(17)4-5-14(13)18/h4-5,7-8,11H,2-3,6,9H2,1H3,(H,19,20). The Balaban J connectivity index is 1.79. The summed E-state index contributed by atoms with van der Waals surface area (Å²) in [6.07, 6.45) is 3.48. The first-order chi connectivity index (χ1) is 10.5. The fourth-order valence-electron chi connectivity index (χ4n) is 2.86. The molecule has 1 unspecified atom stereocenters. The zero-order valence-electron chi connectivity index (χ0n) is 12.3. The second-order valence-electron chi connectivity index (χ2n) is 5.67. The van der Waals surface area contributed by atoms with Gasteiger partial charge in [0.25, 0.3) is 5.91 Å². The number of piperidine rings is 1. The number of nitrogens with one attached hydrogen (secondary N) is 1. The van der Waals surface area contributed by atoms with Crippen molar-refractivity contribution in [2.45, 2.75) is 25.7 Å². The number of nitrogens with zero attached hydrogens (tertiary/aromatic N) is 2. The molecule has 1 N–H and O–H groups in total. The minimum Gasteiger partial charge on any atom is -0.346 e. The van der Waals surface area contributed by atoms with Crippen LogP contribution in [0.3, 0.4) is 0 Å². The highest BCUT2D eigenvalue weighted by Crippen LogP contribution is 2.26. The summed E-state index contributed by atoms with van der Waals surface area (Å²) < 4.78 is 27.0. The maximum absolute atomic E-state index is 13.8. The first kappa shape index (κ1) is 14.7. The van der Waals surface area contributed by atoms with Gasteiger partial charge in [-0.05, 0) is 38.0 Å². The molecule has 3 rings (SSSR count). The Morgan fingerprint density at radius 1 is 1.41 bits per heavy atom. The zero-order valence-corrected chi connectivity index (χ0v) is 12.3. The van der Waals surface area contributed by atoms with Crippen molar-refractivity contribution < 1.29 is 13.6 Å². The fraction of sp³-hybridized carbons (Fsp3) is 0.375. The number of halogens is 2. The van der Waals surface area contributed by atoms with E-state index in [1.54, 1.807) is 11.1 Å². The summed E-state index contributed by atoms with van der Waals surface area (Å²) in [4.78, 5) is 21.5. The third kappa shape index (κ3) is 2.86. The number of aryl methyl sites for hydroxylation is 1. The topological polar surface area (TPSA) is 49.0 Å². The number of rotatable bonds is 2. The van der Waals surface area contributed by atoms with E-state index in [1.165, 1.54) is 0 Å². The number of likely N-dealkylation sites (tertiary alicyclic amines) is 1.